The van der Waals surface area contributed by atoms with Gasteiger partial charge in [0, 0.05) is 19.6 Å². The van der Waals surface area contributed by atoms with Gasteiger partial charge in [-0.1, -0.05) is 24.3 Å². The molecule has 1 amide bonds. The number of rotatable bonds is 5. The van der Waals surface area contributed by atoms with Crippen molar-refractivity contribution >= 4 is 23.4 Å². The second kappa shape index (κ2) is 8.78. The van der Waals surface area contributed by atoms with Crippen molar-refractivity contribution < 1.29 is 9.53 Å². The Balaban J connectivity index is 1.76. The van der Waals surface area contributed by atoms with Crippen LogP contribution in [-0.4, -0.2) is 47.5 Å². The molecule has 0 unspecified atom stereocenters. The minimum Gasteiger partial charge on any atom is -0.444 e. The molecule has 0 spiro atoms. The summed E-state index contributed by atoms with van der Waals surface area (Å²) in [7, 11) is 0. The van der Waals surface area contributed by atoms with E-state index < -0.39 is 0 Å². The molecule has 2 aliphatic rings. The number of amides is 1. The van der Waals surface area contributed by atoms with Crippen molar-refractivity contribution in [1.82, 2.24) is 15.3 Å². The summed E-state index contributed by atoms with van der Waals surface area (Å²) in [6, 6.07) is 0. The average molecular weight is 323 g/mol. The Morgan fingerprint density at radius 1 is 1.36 bits per heavy atom. The van der Waals surface area contributed by atoms with Gasteiger partial charge in [0.15, 0.2) is 5.11 Å². The molecule has 0 bridgehead atoms. The minimum atomic E-state index is -0.364. The average Bonchev–Trinajstić information content (AvgIpc) is 3.03. The summed E-state index contributed by atoms with van der Waals surface area (Å²) in [6.07, 6.45) is 10.5. The summed E-state index contributed by atoms with van der Waals surface area (Å²) in [5.41, 5.74) is 1.52. The number of carbonyl (C=O) groups excluding carboxylic acids is 1. The molecule has 122 valence electrons. The third-order valence-corrected chi connectivity index (χ3v) is 4.26. The van der Waals surface area contributed by atoms with Crippen LogP contribution in [0.3, 0.4) is 0 Å². The molecule has 0 atom stereocenters. The van der Waals surface area contributed by atoms with E-state index in [-0.39, 0.29) is 12.7 Å². The third kappa shape index (κ3) is 4.73. The van der Waals surface area contributed by atoms with E-state index in [9.17, 15) is 4.79 Å². The van der Waals surface area contributed by atoms with Crippen molar-refractivity contribution in [1.29, 1.82) is 0 Å². The molecule has 1 aliphatic heterocycles. The Morgan fingerprint density at radius 3 is 2.91 bits per heavy atom. The molecule has 1 aliphatic carbocycles. The highest BCUT2D eigenvalue weighted by Crippen LogP contribution is 2.19. The normalized spacial score (nSPS) is 17.9. The Bertz CT molecular complexity index is 451. The van der Waals surface area contributed by atoms with Crippen LogP contribution in [0.4, 0.5) is 4.79 Å². The number of carbonyl (C=O) groups is 1. The molecule has 22 heavy (non-hydrogen) atoms. The summed E-state index contributed by atoms with van der Waals surface area (Å²) >= 11 is 5.42. The molecule has 1 saturated heterocycles. The van der Waals surface area contributed by atoms with Crippen LogP contribution in [0.1, 0.15) is 38.5 Å². The van der Waals surface area contributed by atoms with Crippen LogP contribution < -0.4 is 5.32 Å². The number of thiocarbonyl (C=S) groups is 1. The van der Waals surface area contributed by atoms with Crippen LogP contribution in [0.2, 0.25) is 0 Å². The zero-order valence-electron chi connectivity index (χ0n) is 13.1. The molecule has 0 aromatic heterocycles. The number of hydrazine groups is 1. The Kier molecular flexibility index (Phi) is 6.71. The van der Waals surface area contributed by atoms with Crippen molar-refractivity contribution in [3.05, 3.63) is 24.3 Å². The molecule has 1 heterocycles. The topological polar surface area (TPSA) is 44.8 Å². The van der Waals surface area contributed by atoms with Crippen molar-refractivity contribution in [2.45, 2.75) is 38.5 Å². The van der Waals surface area contributed by atoms with E-state index in [0.717, 1.165) is 25.9 Å². The lowest BCUT2D eigenvalue weighted by molar-refractivity contribution is 0.0593. The number of hydrogen-bond acceptors (Lipinski definition) is 3. The summed E-state index contributed by atoms with van der Waals surface area (Å²) in [6.45, 7) is 5.97. The molecule has 5 nitrogen and oxygen atoms in total. The van der Waals surface area contributed by atoms with Gasteiger partial charge in [-0.15, -0.1) is 0 Å². The second-order valence-corrected chi connectivity index (χ2v) is 5.94. The van der Waals surface area contributed by atoms with Crippen molar-refractivity contribution in [3.8, 4) is 0 Å². The standard InChI is InChI=1S/C16H25N3O2S/c1-2-13-21-16(20)19-12-6-11-18(19)15(22)17-10-9-14-7-4-3-5-8-14/h2,7H,1,3-6,8-13H2,(H,17,22). The van der Waals surface area contributed by atoms with Crippen molar-refractivity contribution in [2.24, 2.45) is 0 Å². The highest BCUT2D eigenvalue weighted by atomic mass is 32.1. The number of nitrogens with zero attached hydrogens (tertiary/aromatic N) is 2. The molecule has 0 aromatic rings. The second-order valence-electron chi connectivity index (χ2n) is 5.56. The summed E-state index contributed by atoms with van der Waals surface area (Å²) in [4.78, 5) is 12.0. The van der Waals surface area contributed by atoms with Crippen molar-refractivity contribution in [2.75, 3.05) is 26.2 Å². The maximum Gasteiger partial charge on any atom is 0.429 e. The number of nitrogens with one attached hydrogen (secondary N) is 1. The smallest absolute Gasteiger partial charge is 0.429 e. The van der Waals surface area contributed by atoms with Gasteiger partial charge in [0.25, 0.3) is 0 Å². The maximum absolute atomic E-state index is 12.0. The molecule has 0 radical (unpaired) electrons. The zero-order valence-corrected chi connectivity index (χ0v) is 13.9. The fourth-order valence-corrected chi connectivity index (χ4v) is 3.06. The van der Waals surface area contributed by atoms with Gasteiger partial charge in [-0.25, -0.2) is 9.80 Å². The van der Waals surface area contributed by atoms with E-state index >= 15 is 0 Å². The molecule has 6 heteroatoms. The SMILES string of the molecule is C=CCOC(=O)N1CCCN1C(=S)NCCC1=CCCCC1. The van der Waals surface area contributed by atoms with Crippen molar-refractivity contribution in [3.63, 3.8) is 0 Å². The van der Waals surface area contributed by atoms with E-state index in [1.807, 2.05) is 0 Å². The maximum atomic E-state index is 12.0. The molecule has 1 N–H and O–H groups in total. The molecular weight excluding hydrogens is 298 g/mol. The summed E-state index contributed by atoms with van der Waals surface area (Å²) in [5.74, 6) is 0. The first-order chi connectivity index (χ1) is 10.7. The molecule has 2 rings (SSSR count). The van der Waals surface area contributed by atoms with E-state index in [1.54, 1.807) is 16.1 Å². The van der Waals surface area contributed by atoms with Gasteiger partial charge in [-0.3, -0.25) is 5.01 Å². The van der Waals surface area contributed by atoms with Crippen LogP contribution in [0.15, 0.2) is 24.3 Å². The molecule has 1 fully saturated rings. The van der Waals surface area contributed by atoms with E-state index in [4.69, 9.17) is 17.0 Å². The van der Waals surface area contributed by atoms with Gasteiger partial charge in [0.1, 0.15) is 6.61 Å². The van der Waals surface area contributed by atoms with E-state index in [2.05, 4.69) is 18.0 Å². The lowest BCUT2D eigenvalue weighted by Gasteiger charge is -2.29. The summed E-state index contributed by atoms with van der Waals surface area (Å²) < 4.78 is 5.09. The fraction of sp³-hybridized carbons (Fsp3) is 0.625. The van der Waals surface area contributed by atoms with Gasteiger partial charge in [0.05, 0.1) is 0 Å². The van der Waals surface area contributed by atoms with Crippen LogP contribution in [0.5, 0.6) is 0 Å². The van der Waals surface area contributed by atoms with Crippen LogP contribution in [-0.2, 0) is 4.74 Å². The molecular formula is C16H25N3O2S. The predicted octanol–water partition coefficient (Wildman–Crippen LogP) is 3.00. The number of ether oxygens (including phenoxy) is 1. The Hall–Kier alpha value is -1.56. The van der Waals surface area contributed by atoms with Gasteiger partial charge in [-0.05, 0) is 50.7 Å². The minimum absolute atomic E-state index is 0.220. The largest absolute Gasteiger partial charge is 0.444 e. The van der Waals surface area contributed by atoms with E-state index in [0.29, 0.717) is 11.7 Å². The van der Waals surface area contributed by atoms with Gasteiger partial charge in [-0.2, -0.15) is 0 Å². The lowest BCUT2D eigenvalue weighted by Crippen LogP contribution is -2.49. The highest BCUT2D eigenvalue weighted by molar-refractivity contribution is 7.80. The van der Waals surface area contributed by atoms with Crippen LogP contribution >= 0.6 is 12.2 Å². The molecule has 0 saturated carbocycles. The third-order valence-electron chi connectivity index (χ3n) is 3.91. The number of allylic oxidation sites excluding steroid dienone is 1. The monoisotopic (exact) mass is 323 g/mol. The number of hydrogen-bond donors (Lipinski definition) is 1. The molecule has 0 aromatic carbocycles. The first-order valence-electron chi connectivity index (χ1n) is 8.00. The zero-order chi connectivity index (χ0) is 15.8. The van der Waals surface area contributed by atoms with Crippen LogP contribution in [0.25, 0.3) is 0 Å². The quantitative estimate of drug-likeness (QED) is 0.622. The van der Waals surface area contributed by atoms with Gasteiger partial charge >= 0.3 is 6.09 Å². The van der Waals surface area contributed by atoms with Gasteiger partial charge < -0.3 is 10.1 Å². The lowest BCUT2D eigenvalue weighted by atomic mass is 9.97. The Labute approximate surface area is 137 Å². The Morgan fingerprint density at radius 2 is 2.18 bits per heavy atom. The summed E-state index contributed by atoms with van der Waals surface area (Å²) in [5, 5.41) is 7.23. The fourth-order valence-electron chi connectivity index (χ4n) is 2.77. The predicted molar refractivity (Wildman–Crippen MR) is 91.3 cm³/mol. The van der Waals surface area contributed by atoms with Gasteiger partial charge in [0.2, 0.25) is 0 Å². The van der Waals surface area contributed by atoms with Crippen LogP contribution in [0, 0.1) is 0 Å². The highest BCUT2D eigenvalue weighted by Gasteiger charge is 2.29. The first kappa shape index (κ1) is 16.8. The van der Waals surface area contributed by atoms with E-state index in [1.165, 1.54) is 31.3 Å². The first-order valence-corrected chi connectivity index (χ1v) is 8.41.